The minimum atomic E-state index is -2.47. The third-order valence-corrected chi connectivity index (χ3v) is 7.34. The summed E-state index contributed by atoms with van der Waals surface area (Å²) < 4.78 is 19.9. The topological polar surface area (TPSA) is 99.3 Å². The van der Waals surface area contributed by atoms with E-state index in [4.69, 9.17) is 5.73 Å². The summed E-state index contributed by atoms with van der Waals surface area (Å²) in [7, 11) is -2.47. The smallest absolute Gasteiger partial charge is 0.250 e. The Labute approximate surface area is 144 Å². The number of hydrogen-bond acceptors (Lipinski definition) is 4. The number of aromatic nitrogens is 1. The van der Waals surface area contributed by atoms with Gasteiger partial charge in [0, 0.05) is 33.9 Å². The van der Waals surface area contributed by atoms with Gasteiger partial charge in [0.1, 0.15) is 0 Å². The maximum absolute atomic E-state index is 11.9. The van der Waals surface area contributed by atoms with Crippen molar-refractivity contribution in [3.63, 3.8) is 0 Å². The third kappa shape index (κ3) is 2.63. The summed E-state index contributed by atoms with van der Waals surface area (Å²) in [5.74, 6) is 0.442. The van der Waals surface area contributed by atoms with Gasteiger partial charge in [-0.05, 0) is 41.1 Å². The molecule has 3 heterocycles. The first kappa shape index (κ1) is 15.7. The van der Waals surface area contributed by atoms with Gasteiger partial charge in [0.05, 0.1) is 11.1 Å². The van der Waals surface area contributed by atoms with E-state index < -0.39 is 16.5 Å². The van der Waals surface area contributed by atoms with Crippen LogP contribution in [0.4, 0.5) is 0 Å². The number of carbonyl (C=O) groups excluding carboxylic acids is 1. The van der Waals surface area contributed by atoms with Gasteiger partial charge in [-0.3, -0.25) is 13.9 Å². The molecule has 0 bridgehead atoms. The molecule has 5 nitrogen and oxygen atoms in total. The minimum absolute atomic E-state index is 0.0862. The monoisotopic (exact) mass is 362 g/mol. The zero-order valence-electron chi connectivity index (χ0n) is 12.9. The summed E-state index contributed by atoms with van der Waals surface area (Å²) in [6.45, 7) is 0. The summed E-state index contributed by atoms with van der Waals surface area (Å²) in [5, 5.41) is 2.94. The highest BCUT2D eigenvalue weighted by atomic mass is 32.3. The maximum Gasteiger partial charge on any atom is 0.250 e. The molecule has 1 aliphatic rings. The first-order valence-electron chi connectivity index (χ1n) is 7.67. The van der Waals surface area contributed by atoms with E-state index in [1.165, 1.54) is 0 Å². The maximum atomic E-state index is 11.9. The number of nitrogens with two attached hydrogens (primary N) is 1. The fourth-order valence-corrected chi connectivity index (χ4v) is 5.97. The van der Waals surface area contributed by atoms with Crippen molar-refractivity contribution in [3.05, 3.63) is 47.0 Å². The van der Waals surface area contributed by atoms with Gasteiger partial charge in [0.15, 0.2) is 0 Å². The van der Waals surface area contributed by atoms with Crippen molar-refractivity contribution in [1.29, 1.82) is 0 Å². The van der Waals surface area contributed by atoms with Crippen molar-refractivity contribution in [2.24, 2.45) is 5.73 Å². The molecule has 0 spiro atoms. The highest BCUT2D eigenvalue weighted by molar-refractivity contribution is 8.24. The number of fused-ring (bicyclic) bond motifs is 1. The standard InChI is InChI=1S/C17H18N2O3S2/c18-17(20)13-7-11(15-2-1-4-23-15)6-12-14(8-19-16(12)13)10-3-5-24(21,22)9-10/h1-2,4,6-8,10,19,21-22H,3,5,9H2,(H2,18,20). The highest BCUT2D eigenvalue weighted by Gasteiger charge is 2.31. The van der Waals surface area contributed by atoms with E-state index in [-0.39, 0.29) is 5.92 Å². The van der Waals surface area contributed by atoms with Gasteiger partial charge < -0.3 is 10.7 Å². The van der Waals surface area contributed by atoms with E-state index in [2.05, 4.69) is 11.1 Å². The fraction of sp³-hybridized carbons (Fsp3) is 0.235. The van der Waals surface area contributed by atoms with E-state index in [9.17, 15) is 13.9 Å². The van der Waals surface area contributed by atoms with Crippen LogP contribution in [0.25, 0.3) is 21.3 Å². The van der Waals surface area contributed by atoms with Crippen molar-refractivity contribution in [2.45, 2.75) is 12.3 Å². The molecule has 126 valence electrons. The van der Waals surface area contributed by atoms with Crippen LogP contribution in [0.5, 0.6) is 0 Å². The van der Waals surface area contributed by atoms with Crippen molar-refractivity contribution in [1.82, 2.24) is 4.98 Å². The Bertz CT molecular complexity index is 915. The average molecular weight is 362 g/mol. The van der Waals surface area contributed by atoms with Gasteiger partial charge in [0.2, 0.25) is 0 Å². The van der Waals surface area contributed by atoms with Gasteiger partial charge in [-0.1, -0.05) is 6.07 Å². The van der Waals surface area contributed by atoms with Crippen LogP contribution in [0.2, 0.25) is 0 Å². The number of rotatable bonds is 3. The minimum Gasteiger partial charge on any atom is -0.366 e. The zero-order valence-corrected chi connectivity index (χ0v) is 14.5. The largest absolute Gasteiger partial charge is 0.366 e. The molecule has 0 aliphatic carbocycles. The highest BCUT2D eigenvalue weighted by Crippen LogP contribution is 2.52. The second-order valence-corrected chi connectivity index (χ2v) is 9.48. The number of thiophene rings is 1. The molecule has 4 rings (SSSR count). The number of nitrogens with one attached hydrogen (secondary N) is 1. The summed E-state index contributed by atoms with van der Waals surface area (Å²) >= 11 is 1.61. The number of hydrogen-bond donors (Lipinski definition) is 4. The average Bonchev–Trinajstić information content (AvgIpc) is 3.24. The van der Waals surface area contributed by atoms with Crippen molar-refractivity contribution < 1.29 is 13.9 Å². The van der Waals surface area contributed by atoms with Crippen molar-refractivity contribution in [2.75, 3.05) is 11.5 Å². The molecule has 1 amide bonds. The lowest BCUT2D eigenvalue weighted by molar-refractivity contribution is 0.100. The van der Waals surface area contributed by atoms with Crippen LogP contribution in [0, 0.1) is 0 Å². The molecule has 0 saturated carbocycles. The van der Waals surface area contributed by atoms with Gasteiger partial charge in [-0.15, -0.1) is 11.3 Å². The van der Waals surface area contributed by atoms with Crippen LogP contribution in [-0.4, -0.2) is 31.5 Å². The molecule has 7 heteroatoms. The van der Waals surface area contributed by atoms with Gasteiger partial charge >= 0.3 is 0 Å². The number of aromatic amines is 1. The second-order valence-electron chi connectivity index (χ2n) is 6.19. The molecule has 1 unspecified atom stereocenters. The molecule has 1 fully saturated rings. The summed E-state index contributed by atoms with van der Waals surface area (Å²) in [5.41, 5.74) is 8.75. The van der Waals surface area contributed by atoms with E-state index >= 15 is 0 Å². The number of carbonyl (C=O) groups is 1. The Morgan fingerprint density at radius 1 is 1.38 bits per heavy atom. The molecule has 1 atom stereocenters. The summed E-state index contributed by atoms with van der Waals surface area (Å²) in [4.78, 5) is 16.1. The zero-order chi connectivity index (χ0) is 16.9. The van der Waals surface area contributed by atoms with Gasteiger partial charge in [-0.2, -0.15) is 10.6 Å². The molecular weight excluding hydrogens is 344 g/mol. The Kier molecular flexibility index (Phi) is 3.69. The number of benzene rings is 1. The lowest BCUT2D eigenvalue weighted by Gasteiger charge is -2.26. The first-order valence-corrected chi connectivity index (χ1v) is 10.4. The fourth-order valence-electron chi connectivity index (χ4n) is 3.44. The van der Waals surface area contributed by atoms with Crippen LogP contribution < -0.4 is 5.73 Å². The van der Waals surface area contributed by atoms with Crippen molar-refractivity contribution in [3.8, 4) is 10.4 Å². The third-order valence-electron chi connectivity index (χ3n) is 4.59. The van der Waals surface area contributed by atoms with Crippen LogP contribution in [0.3, 0.4) is 0 Å². The lowest BCUT2D eigenvalue weighted by atomic mass is 9.95. The molecule has 1 saturated heterocycles. The van der Waals surface area contributed by atoms with E-state index in [1.54, 1.807) is 11.3 Å². The van der Waals surface area contributed by atoms with E-state index in [0.29, 0.717) is 17.1 Å². The Morgan fingerprint density at radius 2 is 2.21 bits per heavy atom. The lowest BCUT2D eigenvalue weighted by Crippen LogP contribution is -2.11. The Hall–Kier alpha value is -1.80. The molecule has 1 aliphatic heterocycles. The molecule has 3 aromatic rings. The summed E-state index contributed by atoms with van der Waals surface area (Å²) in [6, 6.07) is 7.86. The molecule has 24 heavy (non-hydrogen) atoms. The quantitative estimate of drug-likeness (QED) is 0.561. The van der Waals surface area contributed by atoms with E-state index in [0.717, 1.165) is 33.3 Å². The Morgan fingerprint density at radius 3 is 2.83 bits per heavy atom. The van der Waals surface area contributed by atoms with Crippen molar-refractivity contribution >= 4 is 38.7 Å². The van der Waals surface area contributed by atoms with Crippen LogP contribution >= 0.6 is 21.9 Å². The molecular formula is C17H18N2O3S2. The van der Waals surface area contributed by atoms with Crippen LogP contribution in [0.15, 0.2) is 35.8 Å². The first-order chi connectivity index (χ1) is 11.4. The molecule has 1 aromatic carbocycles. The van der Waals surface area contributed by atoms with E-state index in [1.807, 2.05) is 29.8 Å². The number of primary amides is 1. The summed E-state index contributed by atoms with van der Waals surface area (Å²) in [6.07, 6.45) is 2.62. The molecule has 5 N–H and O–H groups in total. The predicted molar refractivity (Wildman–Crippen MR) is 100 cm³/mol. The molecule has 2 aromatic heterocycles. The normalized spacial score (nSPS) is 21.2. The predicted octanol–water partition coefficient (Wildman–Crippen LogP) is 4.23. The van der Waals surface area contributed by atoms with Gasteiger partial charge in [0.25, 0.3) is 5.91 Å². The number of H-pyrrole nitrogens is 1. The van der Waals surface area contributed by atoms with Crippen LogP contribution in [0.1, 0.15) is 28.3 Å². The Balaban J connectivity index is 1.89. The van der Waals surface area contributed by atoms with Gasteiger partial charge in [-0.25, -0.2) is 0 Å². The second kappa shape index (κ2) is 5.63. The number of amides is 1. The molecule has 0 radical (unpaired) electrons. The van der Waals surface area contributed by atoms with Crippen LogP contribution in [-0.2, 0) is 0 Å². The SMILES string of the molecule is NC(=O)c1cc(-c2cccs2)cc2c(C3CCS(O)(O)C3)c[nH]c12.